The maximum Gasteiger partial charge on any atom is 0.398 e. The van der Waals surface area contributed by atoms with Crippen molar-refractivity contribution in [3.8, 4) is 0 Å². The summed E-state index contributed by atoms with van der Waals surface area (Å²) in [6.07, 6.45) is -2.21. The number of para-hydroxylation sites is 1. The summed E-state index contributed by atoms with van der Waals surface area (Å²) in [7, 11) is 0. The Kier molecular flexibility index (Phi) is 5.62. The van der Waals surface area contributed by atoms with Gasteiger partial charge in [-0.15, -0.1) is 0 Å². The molecule has 184 valence electrons. The van der Waals surface area contributed by atoms with Crippen LogP contribution in [0.2, 0.25) is 0 Å². The van der Waals surface area contributed by atoms with E-state index in [-0.39, 0.29) is 29.9 Å². The van der Waals surface area contributed by atoms with Crippen molar-refractivity contribution in [2.75, 3.05) is 4.90 Å². The minimum Gasteiger partial charge on any atom is -0.477 e. The highest BCUT2D eigenvalue weighted by Crippen LogP contribution is 2.53. The number of nitrogens with zero attached hydrogens (tertiary/aromatic N) is 2. The molecule has 0 spiro atoms. The molecular weight excluding hydrogens is 469 g/mol. The van der Waals surface area contributed by atoms with E-state index in [0.717, 1.165) is 6.92 Å². The normalized spacial score (nSPS) is 19.5. The summed E-state index contributed by atoms with van der Waals surface area (Å²) in [6.45, 7) is 1.41. The van der Waals surface area contributed by atoms with Gasteiger partial charge in [0.15, 0.2) is 0 Å². The highest BCUT2D eigenvalue weighted by molar-refractivity contribution is 6.07. The number of carbonyl (C=O) groups excluding carboxylic acids is 1. The molecule has 1 aliphatic heterocycles. The first-order valence-corrected chi connectivity index (χ1v) is 11.4. The van der Waals surface area contributed by atoms with Gasteiger partial charge in [-0.05, 0) is 48.2 Å². The van der Waals surface area contributed by atoms with Crippen molar-refractivity contribution in [3.63, 3.8) is 0 Å². The lowest BCUT2D eigenvalue weighted by atomic mass is 9.70. The second kappa shape index (κ2) is 8.55. The highest BCUT2D eigenvalue weighted by Gasteiger charge is 2.55. The number of alkyl halides is 3. The van der Waals surface area contributed by atoms with Gasteiger partial charge >= 0.3 is 12.1 Å². The van der Waals surface area contributed by atoms with Crippen LogP contribution in [-0.4, -0.2) is 27.7 Å². The lowest BCUT2D eigenvalue weighted by Crippen LogP contribution is -2.41. The third-order valence-corrected chi connectivity index (χ3v) is 7.04. The minimum absolute atomic E-state index is 0.0401. The molecule has 1 aromatic heterocycles. The first kappa shape index (κ1) is 23.7. The van der Waals surface area contributed by atoms with Crippen molar-refractivity contribution in [2.45, 2.75) is 32.6 Å². The molecule has 1 amide bonds. The third-order valence-electron chi connectivity index (χ3n) is 7.04. The number of hydrogen-bond acceptors (Lipinski definition) is 2. The van der Waals surface area contributed by atoms with Crippen molar-refractivity contribution in [1.82, 2.24) is 4.57 Å². The number of amides is 1. The van der Waals surface area contributed by atoms with E-state index in [1.807, 2.05) is 0 Å². The Balaban J connectivity index is 1.59. The topological polar surface area (TPSA) is 62.5 Å². The summed E-state index contributed by atoms with van der Waals surface area (Å²) in [5.74, 6) is -1.62. The van der Waals surface area contributed by atoms with Crippen LogP contribution in [-0.2, 0) is 17.9 Å². The van der Waals surface area contributed by atoms with Crippen molar-refractivity contribution in [3.05, 3.63) is 107 Å². The van der Waals surface area contributed by atoms with Crippen molar-refractivity contribution in [1.29, 1.82) is 0 Å². The number of carboxylic acid groups (broad SMARTS) is 1. The Morgan fingerprint density at radius 2 is 1.61 bits per heavy atom. The molecular formula is C28H23F3N2O3. The van der Waals surface area contributed by atoms with E-state index in [1.165, 1.54) is 23.1 Å². The number of aromatic nitrogens is 1. The minimum atomic E-state index is -4.59. The lowest BCUT2D eigenvalue weighted by Gasteiger charge is -2.38. The predicted octanol–water partition coefficient (Wildman–Crippen LogP) is 6.06. The summed E-state index contributed by atoms with van der Waals surface area (Å²) < 4.78 is 45.0. The average molecular weight is 492 g/mol. The van der Waals surface area contributed by atoms with Gasteiger partial charge in [-0.2, -0.15) is 13.2 Å². The van der Waals surface area contributed by atoms with Gasteiger partial charge in [-0.1, -0.05) is 60.7 Å². The maximum atomic E-state index is 14.5. The highest BCUT2D eigenvalue weighted by atomic mass is 19.4. The van der Waals surface area contributed by atoms with Crippen LogP contribution in [0, 0.1) is 5.41 Å². The molecule has 5 nitrogen and oxygen atoms in total. The molecule has 5 rings (SSSR count). The van der Waals surface area contributed by atoms with Gasteiger partial charge < -0.3 is 14.6 Å². The molecule has 36 heavy (non-hydrogen) atoms. The molecule has 8 heteroatoms. The average Bonchev–Trinajstić information content (AvgIpc) is 3.17. The Hall–Kier alpha value is -4.07. The van der Waals surface area contributed by atoms with Gasteiger partial charge in [0.05, 0.1) is 18.5 Å². The molecule has 3 aromatic rings. The molecule has 1 unspecified atom stereocenters. The van der Waals surface area contributed by atoms with E-state index in [4.69, 9.17) is 0 Å². The van der Waals surface area contributed by atoms with Crippen LogP contribution < -0.4 is 4.90 Å². The van der Waals surface area contributed by atoms with E-state index in [0.29, 0.717) is 22.5 Å². The fourth-order valence-corrected chi connectivity index (χ4v) is 5.04. The van der Waals surface area contributed by atoms with Gasteiger partial charge in [-0.3, -0.25) is 4.79 Å². The van der Waals surface area contributed by atoms with Gasteiger partial charge in [0.25, 0.3) is 5.91 Å². The molecule has 0 bridgehead atoms. The van der Waals surface area contributed by atoms with Crippen LogP contribution in [0.25, 0.3) is 5.57 Å². The Morgan fingerprint density at radius 1 is 0.917 bits per heavy atom. The van der Waals surface area contributed by atoms with E-state index >= 15 is 0 Å². The van der Waals surface area contributed by atoms with Crippen LogP contribution in [0.1, 0.15) is 40.7 Å². The number of fused-ring (bicyclic) bond motifs is 2. The zero-order valence-corrected chi connectivity index (χ0v) is 19.4. The quantitative estimate of drug-likeness (QED) is 0.483. The van der Waals surface area contributed by atoms with Gasteiger partial charge in [0.2, 0.25) is 0 Å². The summed E-state index contributed by atoms with van der Waals surface area (Å²) in [5.41, 5.74) is 0.300. The summed E-state index contributed by atoms with van der Waals surface area (Å²) in [4.78, 5) is 27.0. The number of benzene rings is 2. The zero-order chi connectivity index (χ0) is 25.7. The number of aromatic carboxylic acids is 1. The van der Waals surface area contributed by atoms with Gasteiger partial charge in [-0.25, -0.2) is 4.79 Å². The largest absolute Gasteiger partial charge is 0.477 e. The SMILES string of the molecule is CC1(C(F)(F)F)CC(C(=O)N2Cc3ccc(C(=O)O)n3Cc3ccccc32)=CC=C1c1ccccc1. The Bertz CT molecular complexity index is 1420. The van der Waals surface area contributed by atoms with Crippen molar-refractivity contribution < 1.29 is 27.9 Å². The molecule has 0 saturated heterocycles. The van der Waals surface area contributed by atoms with Crippen molar-refractivity contribution in [2.24, 2.45) is 5.41 Å². The third kappa shape index (κ3) is 3.82. The van der Waals surface area contributed by atoms with Gasteiger partial charge in [0.1, 0.15) is 5.69 Å². The first-order chi connectivity index (χ1) is 17.1. The smallest absolute Gasteiger partial charge is 0.398 e. The molecule has 0 saturated carbocycles. The molecule has 2 aromatic carbocycles. The zero-order valence-electron chi connectivity index (χ0n) is 19.4. The van der Waals surface area contributed by atoms with E-state index in [2.05, 4.69) is 0 Å². The van der Waals surface area contributed by atoms with Crippen LogP contribution in [0.15, 0.2) is 84.5 Å². The molecule has 1 N–H and O–H groups in total. The Morgan fingerprint density at radius 3 is 2.31 bits per heavy atom. The van der Waals surface area contributed by atoms with Crippen LogP contribution in [0.5, 0.6) is 0 Å². The number of halogens is 3. The Labute approximate surface area is 205 Å². The number of carbonyl (C=O) groups is 2. The summed E-state index contributed by atoms with van der Waals surface area (Å²) in [6, 6.07) is 18.6. The number of carboxylic acids is 1. The fraction of sp³-hybridized carbons (Fsp3) is 0.214. The number of rotatable bonds is 3. The number of anilines is 1. The summed E-state index contributed by atoms with van der Waals surface area (Å²) >= 11 is 0. The fourth-order valence-electron chi connectivity index (χ4n) is 5.04. The van der Waals surface area contributed by atoms with E-state index in [1.54, 1.807) is 65.2 Å². The second-order valence-electron chi connectivity index (χ2n) is 9.27. The molecule has 1 aliphatic carbocycles. The molecule has 2 aliphatic rings. The number of allylic oxidation sites excluding steroid dienone is 3. The number of hydrogen-bond donors (Lipinski definition) is 1. The van der Waals surface area contributed by atoms with E-state index < -0.39 is 29.9 Å². The van der Waals surface area contributed by atoms with Crippen LogP contribution in [0.4, 0.5) is 18.9 Å². The first-order valence-electron chi connectivity index (χ1n) is 11.4. The maximum absolute atomic E-state index is 14.5. The monoisotopic (exact) mass is 492 g/mol. The standard InChI is InChI=1S/C28H23F3N2O3/c1-27(28(29,30)31)15-19(11-13-22(27)18-7-3-2-4-8-18)25(34)33-17-21-12-14-24(26(35)36)32(21)16-20-9-5-6-10-23(20)33/h2-14H,15-17H2,1H3,(H,35,36). The summed E-state index contributed by atoms with van der Waals surface area (Å²) in [5, 5.41) is 9.58. The van der Waals surface area contributed by atoms with Crippen molar-refractivity contribution >= 4 is 23.1 Å². The van der Waals surface area contributed by atoms with Crippen LogP contribution in [0.3, 0.4) is 0 Å². The second-order valence-corrected chi connectivity index (χ2v) is 9.27. The lowest BCUT2D eigenvalue weighted by molar-refractivity contribution is -0.195. The molecule has 2 heterocycles. The molecule has 0 radical (unpaired) electrons. The van der Waals surface area contributed by atoms with E-state index in [9.17, 15) is 27.9 Å². The van der Waals surface area contributed by atoms with Gasteiger partial charge in [0, 0.05) is 17.0 Å². The van der Waals surface area contributed by atoms with Crippen LogP contribution >= 0.6 is 0 Å². The predicted molar refractivity (Wildman–Crippen MR) is 129 cm³/mol. The molecule has 0 fully saturated rings. The molecule has 1 atom stereocenters.